The minimum absolute atomic E-state index is 1.12. The third-order valence-corrected chi connectivity index (χ3v) is 2.85. The summed E-state index contributed by atoms with van der Waals surface area (Å²) < 4.78 is 0. The molecule has 1 aliphatic rings. The van der Waals surface area contributed by atoms with Crippen molar-refractivity contribution in [1.82, 2.24) is 0 Å². The Morgan fingerprint density at radius 2 is 1.87 bits per heavy atom. The number of allylic oxidation sites excluding steroid dienone is 2. The first-order chi connectivity index (χ1) is 7.27. The fourth-order valence-corrected chi connectivity index (χ4v) is 1.98. The highest BCUT2D eigenvalue weighted by Gasteiger charge is 2.12. The van der Waals surface area contributed by atoms with Gasteiger partial charge in [0.15, 0.2) is 0 Å². The summed E-state index contributed by atoms with van der Waals surface area (Å²) >= 11 is 0. The van der Waals surface area contributed by atoms with E-state index in [0.29, 0.717) is 0 Å². The van der Waals surface area contributed by atoms with Gasteiger partial charge in [0.2, 0.25) is 0 Å². The van der Waals surface area contributed by atoms with Crippen LogP contribution in [0.2, 0.25) is 0 Å². The molecule has 0 unspecified atom stereocenters. The molecule has 0 amide bonds. The third-order valence-electron chi connectivity index (χ3n) is 2.85. The van der Waals surface area contributed by atoms with E-state index < -0.39 is 0 Å². The zero-order chi connectivity index (χ0) is 10.7. The quantitative estimate of drug-likeness (QED) is 0.755. The molecular weight excluding hydrogens is 182 g/mol. The van der Waals surface area contributed by atoms with Crippen molar-refractivity contribution in [2.45, 2.75) is 26.2 Å². The summed E-state index contributed by atoms with van der Waals surface area (Å²) in [4.78, 5) is 0. The Morgan fingerprint density at radius 3 is 2.53 bits per heavy atom. The van der Waals surface area contributed by atoms with Gasteiger partial charge in [-0.05, 0) is 49.5 Å². The minimum atomic E-state index is 1.12. The zero-order valence-electron chi connectivity index (χ0n) is 9.22. The highest BCUT2D eigenvalue weighted by atomic mass is 14.9. The molecule has 0 spiro atoms. The van der Waals surface area contributed by atoms with E-state index in [1.165, 1.54) is 29.7 Å². The van der Waals surface area contributed by atoms with Crippen LogP contribution in [0.3, 0.4) is 0 Å². The Balaban J connectivity index is 2.21. The summed E-state index contributed by atoms with van der Waals surface area (Å²) in [6, 6.07) is 10.3. The first-order valence-corrected chi connectivity index (χ1v) is 5.47. The van der Waals surface area contributed by atoms with Gasteiger partial charge in [-0.25, -0.2) is 0 Å². The summed E-state index contributed by atoms with van der Waals surface area (Å²) in [6.45, 7) is 6.31. The summed E-state index contributed by atoms with van der Waals surface area (Å²) in [6.07, 6.45) is 3.55. The van der Waals surface area contributed by atoms with E-state index in [9.17, 15) is 0 Å². The van der Waals surface area contributed by atoms with Crippen molar-refractivity contribution >= 4 is 5.69 Å². The van der Waals surface area contributed by atoms with Crippen molar-refractivity contribution in [3.63, 3.8) is 0 Å². The lowest BCUT2D eigenvalue weighted by Gasteiger charge is -2.21. The van der Waals surface area contributed by atoms with E-state index in [1.54, 1.807) is 0 Å². The molecule has 1 aromatic carbocycles. The van der Waals surface area contributed by atoms with Gasteiger partial charge >= 0.3 is 0 Å². The first-order valence-electron chi connectivity index (χ1n) is 5.47. The van der Waals surface area contributed by atoms with Crippen molar-refractivity contribution in [2.24, 2.45) is 0 Å². The Morgan fingerprint density at radius 1 is 1.13 bits per heavy atom. The van der Waals surface area contributed by atoms with Crippen LogP contribution in [0.5, 0.6) is 0 Å². The molecule has 0 bridgehead atoms. The van der Waals surface area contributed by atoms with E-state index in [0.717, 1.165) is 12.1 Å². The molecule has 0 saturated heterocycles. The number of rotatable bonds is 2. The molecule has 78 valence electrons. The molecule has 15 heavy (non-hydrogen) atoms. The topological polar surface area (TPSA) is 12.0 Å². The molecule has 0 aromatic heterocycles. The van der Waals surface area contributed by atoms with Crippen LogP contribution in [0, 0.1) is 0 Å². The van der Waals surface area contributed by atoms with Gasteiger partial charge < -0.3 is 5.32 Å². The fraction of sp³-hybridized carbons (Fsp3) is 0.286. The van der Waals surface area contributed by atoms with Gasteiger partial charge in [0, 0.05) is 11.4 Å². The van der Waals surface area contributed by atoms with E-state index >= 15 is 0 Å². The van der Waals surface area contributed by atoms with Crippen LogP contribution in [0.1, 0.15) is 26.2 Å². The monoisotopic (exact) mass is 199 g/mol. The van der Waals surface area contributed by atoms with Crippen LogP contribution in [-0.2, 0) is 0 Å². The van der Waals surface area contributed by atoms with Crippen LogP contribution in [0.25, 0.3) is 0 Å². The lowest BCUT2D eigenvalue weighted by atomic mass is 9.93. The minimum Gasteiger partial charge on any atom is -0.355 e. The van der Waals surface area contributed by atoms with Gasteiger partial charge in [-0.15, -0.1) is 0 Å². The molecule has 2 rings (SSSR count). The Kier molecular flexibility index (Phi) is 2.91. The first kappa shape index (κ1) is 10.0. The van der Waals surface area contributed by atoms with E-state index in [4.69, 9.17) is 0 Å². The lowest BCUT2D eigenvalue weighted by Crippen LogP contribution is -2.09. The molecule has 1 aliphatic carbocycles. The number of hydrogen-bond acceptors (Lipinski definition) is 1. The molecular formula is C14H17N. The van der Waals surface area contributed by atoms with Gasteiger partial charge in [0.25, 0.3) is 0 Å². The maximum Gasteiger partial charge on any atom is 0.0399 e. The zero-order valence-corrected chi connectivity index (χ0v) is 9.22. The maximum absolute atomic E-state index is 4.12. The summed E-state index contributed by atoms with van der Waals surface area (Å²) in [5.41, 5.74) is 5.06. The van der Waals surface area contributed by atoms with E-state index in [-0.39, 0.29) is 0 Å². The largest absolute Gasteiger partial charge is 0.355 e. The Hall–Kier alpha value is -1.50. The number of nitrogens with one attached hydrogen (secondary N) is 1. The van der Waals surface area contributed by atoms with Crippen molar-refractivity contribution in [2.75, 3.05) is 5.32 Å². The second-order valence-electron chi connectivity index (χ2n) is 4.10. The molecule has 1 heteroatoms. The average molecular weight is 199 g/mol. The highest BCUT2D eigenvalue weighted by molar-refractivity contribution is 5.54. The summed E-state index contributed by atoms with van der Waals surface area (Å²) in [5.74, 6) is 0. The Labute approximate surface area is 91.5 Å². The van der Waals surface area contributed by atoms with Gasteiger partial charge in [-0.3, -0.25) is 0 Å². The van der Waals surface area contributed by atoms with Crippen molar-refractivity contribution < 1.29 is 0 Å². The number of anilines is 1. The normalized spacial score (nSPS) is 16.7. The molecule has 1 aromatic rings. The van der Waals surface area contributed by atoms with Crippen LogP contribution < -0.4 is 5.32 Å². The fourth-order valence-electron chi connectivity index (χ4n) is 1.98. The molecule has 0 saturated carbocycles. The lowest BCUT2D eigenvalue weighted by molar-refractivity contribution is 0.767. The second-order valence-corrected chi connectivity index (χ2v) is 4.10. The molecule has 1 nitrogen and oxygen atoms in total. The summed E-state index contributed by atoms with van der Waals surface area (Å²) in [7, 11) is 0. The molecule has 1 N–H and O–H groups in total. The van der Waals surface area contributed by atoms with Crippen molar-refractivity contribution in [1.29, 1.82) is 0 Å². The highest BCUT2D eigenvalue weighted by Crippen LogP contribution is 2.28. The van der Waals surface area contributed by atoms with Gasteiger partial charge in [-0.1, -0.05) is 24.8 Å². The standard InChI is InChI=1S/C14H17N/c1-11-7-6-8-12(2)14(11)15-13-9-4-3-5-10-13/h3-5,9-10,15H,1,6-8H2,2H3. The summed E-state index contributed by atoms with van der Waals surface area (Å²) in [5, 5.41) is 3.46. The average Bonchev–Trinajstić information content (AvgIpc) is 2.25. The predicted molar refractivity (Wildman–Crippen MR) is 65.8 cm³/mol. The van der Waals surface area contributed by atoms with Crippen molar-refractivity contribution in [3.8, 4) is 0 Å². The molecule has 0 aliphatic heterocycles. The number of benzene rings is 1. The molecule has 0 heterocycles. The number of hydrogen-bond donors (Lipinski definition) is 1. The molecule has 0 fully saturated rings. The van der Waals surface area contributed by atoms with Gasteiger partial charge in [0.1, 0.15) is 0 Å². The van der Waals surface area contributed by atoms with E-state index in [1.807, 2.05) is 18.2 Å². The number of para-hydroxylation sites is 1. The Bertz CT molecular complexity index is 387. The molecule has 0 radical (unpaired) electrons. The second kappa shape index (κ2) is 4.35. The van der Waals surface area contributed by atoms with Crippen LogP contribution in [0.15, 0.2) is 53.8 Å². The van der Waals surface area contributed by atoms with Crippen LogP contribution in [-0.4, -0.2) is 0 Å². The third kappa shape index (κ3) is 2.30. The van der Waals surface area contributed by atoms with Gasteiger partial charge in [-0.2, -0.15) is 0 Å². The predicted octanol–water partition coefficient (Wildman–Crippen LogP) is 4.11. The SMILES string of the molecule is C=C1CCCC(C)=C1Nc1ccccc1. The van der Waals surface area contributed by atoms with Gasteiger partial charge in [0.05, 0.1) is 0 Å². The maximum atomic E-state index is 4.12. The van der Waals surface area contributed by atoms with Crippen molar-refractivity contribution in [3.05, 3.63) is 53.8 Å². The van der Waals surface area contributed by atoms with E-state index in [2.05, 4.69) is 31.0 Å². The smallest absolute Gasteiger partial charge is 0.0399 e. The molecule has 0 atom stereocenters. The van der Waals surface area contributed by atoms with Crippen LogP contribution >= 0.6 is 0 Å². The van der Waals surface area contributed by atoms with Crippen LogP contribution in [0.4, 0.5) is 5.69 Å².